The van der Waals surface area contributed by atoms with Crippen molar-refractivity contribution in [3.05, 3.63) is 58.1 Å². The second-order valence-electron chi connectivity index (χ2n) is 5.35. The molecule has 0 bridgehead atoms. The molecule has 0 radical (unpaired) electrons. The first-order valence-electron chi connectivity index (χ1n) is 7.20. The Morgan fingerprint density at radius 3 is 2.32 bits per heavy atom. The Hall–Kier alpha value is -2.09. The standard InChI is InChI=1S/C16H12Cl2N2O4S/c17-11-3-6-14(13(18)9-11)19-16(22)10-1-4-12(5-2-10)20-15(21)7-8-25(20,23)24/h1-6,9H,7-8H2,(H,19,22). The Kier molecular flexibility index (Phi) is 4.73. The zero-order valence-corrected chi connectivity index (χ0v) is 15.0. The molecule has 0 aliphatic carbocycles. The third-order valence-electron chi connectivity index (χ3n) is 3.62. The average molecular weight is 399 g/mol. The Balaban J connectivity index is 1.80. The van der Waals surface area contributed by atoms with Gasteiger partial charge in [-0.1, -0.05) is 23.2 Å². The molecule has 9 heteroatoms. The van der Waals surface area contributed by atoms with Gasteiger partial charge in [-0.25, -0.2) is 12.7 Å². The number of carbonyl (C=O) groups is 2. The Morgan fingerprint density at radius 2 is 1.76 bits per heavy atom. The lowest BCUT2D eigenvalue weighted by Gasteiger charge is -2.15. The van der Waals surface area contributed by atoms with Gasteiger partial charge in [-0.3, -0.25) is 9.59 Å². The zero-order valence-electron chi connectivity index (χ0n) is 12.7. The normalized spacial score (nSPS) is 16.1. The topological polar surface area (TPSA) is 83.6 Å². The van der Waals surface area contributed by atoms with E-state index < -0.39 is 21.8 Å². The molecule has 0 atom stereocenters. The van der Waals surface area contributed by atoms with Crippen LogP contribution in [0.25, 0.3) is 0 Å². The zero-order chi connectivity index (χ0) is 18.2. The highest BCUT2D eigenvalue weighted by Crippen LogP contribution is 2.27. The largest absolute Gasteiger partial charge is 0.321 e. The monoisotopic (exact) mass is 398 g/mol. The number of halogens is 2. The van der Waals surface area contributed by atoms with E-state index in [0.29, 0.717) is 21.3 Å². The first-order valence-corrected chi connectivity index (χ1v) is 9.57. The van der Waals surface area contributed by atoms with Gasteiger partial charge in [-0.2, -0.15) is 0 Å². The average Bonchev–Trinajstić information content (AvgIpc) is 2.83. The maximum atomic E-state index is 12.3. The molecule has 2 aromatic rings. The van der Waals surface area contributed by atoms with Gasteiger partial charge in [0.05, 0.1) is 22.2 Å². The number of nitrogens with zero attached hydrogens (tertiary/aromatic N) is 1. The summed E-state index contributed by atoms with van der Waals surface area (Å²) in [6.45, 7) is 0. The number of carbonyl (C=O) groups excluding carboxylic acids is 2. The molecule has 6 nitrogen and oxygen atoms in total. The Labute approximate surface area is 154 Å². The van der Waals surface area contributed by atoms with Crippen molar-refractivity contribution in [2.45, 2.75) is 6.42 Å². The summed E-state index contributed by atoms with van der Waals surface area (Å²) in [4.78, 5) is 24.0. The van der Waals surface area contributed by atoms with Gasteiger partial charge >= 0.3 is 0 Å². The van der Waals surface area contributed by atoms with Crippen LogP contribution in [0, 0.1) is 0 Å². The molecule has 1 N–H and O–H groups in total. The van der Waals surface area contributed by atoms with Crippen LogP contribution in [-0.4, -0.2) is 26.0 Å². The minimum Gasteiger partial charge on any atom is -0.321 e. The van der Waals surface area contributed by atoms with Crippen LogP contribution in [0.15, 0.2) is 42.5 Å². The maximum Gasteiger partial charge on any atom is 0.255 e. The summed E-state index contributed by atoms with van der Waals surface area (Å²) in [6, 6.07) is 10.4. The Morgan fingerprint density at radius 1 is 1.08 bits per heavy atom. The number of hydrogen-bond acceptors (Lipinski definition) is 4. The fourth-order valence-corrected chi connectivity index (χ4v) is 4.32. The van der Waals surface area contributed by atoms with Crippen molar-refractivity contribution in [1.82, 2.24) is 0 Å². The summed E-state index contributed by atoms with van der Waals surface area (Å²) >= 11 is 11.8. The third-order valence-corrected chi connectivity index (χ3v) is 5.86. The maximum absolute atomic E-state index is 12.3. The second kappa shape index (κ2) is 6.67. The number of amides is 2. The van der Waals surface area contributed by atoms with Crippen LogP contribution >= 0.6 is 23.2 Å². The lowest BCUT2D eigenvalue weighted by atomic mass is 10.2. The summed E-state index contributed by atoms with van der Waals surface area (Å²) in [6.07, 6.45) is -0.0420. The van der Waals surface area contributed by atoms with Gasteiger partial charge in [0.25, 0.3) is 5.91 Å². The molecule has 130 valence electrons. The van der Waals surface area contributed by atoms with E-state index in [1.165, 1.54) is 30.3 Å². The highest BCUT2D eigenvalue weighted by Gasteiger charge is 2.36. The molecule has 1 aliphatic rings. The number of rotatable bonds is 3. The van der Waals surface area contributed by atoms with Gasteiger partial charge in [-0.15, -0.1) is 0 Å². The summed E-state index contributed by atoms with van der Waals surface area (Å²) in [5, 5.41) is 3.38. The van der Waals surface area contributed by atoms with Crippen molar-refractivity contribution in [2.75, 3.05) is 15.4 Å². The molecule has 1 heterocycles. The third kappa shape index (κ3) is 3.63. The first kappa shape index (κ1) is 17.7. The van der Waals surface area contributed by atoms with Gasteiger partial charge in [0.2, 0.25) is 15.9 Å². The number of sulfonamides is 1. The lowest BCUT2D eigenvalue weighted by molar-refractivity contribution is -0.116. The molecule has 0 spiro atoms. The van der Waals surface area contributed by atoms with E-state index in [4.69, 9.17) is 23.2 Å². The van der Waals surface area contributed by atoms with Crippen LogP contribution in [0.3, 0.4) is 0 Å². The molecule has 2 amide bonds. The van der Waals surface area contributed by atoms with E-state index in [1.807, 2.05) is 0 Å². The fourth-order valence-electron chi connectivity index (χ4n) is 2.40. The number of hydrogen-bond donors (Lipinski definition) is 1. The lowest BCUT2D eigenvalue weighted by Crippen LogP contribution is -2.29. The fraction of sp³-hybridized carbons (Fsp3) is 0.125. The van der Waals surface area contributed by atoms with Crippen molar-refractivity contribution in [3.63, 3.8) is 0 Å². The molecule has 2 aromatic carbocycles. The second-order valence-corrected chi connectivity index (χ2v) is 8.13. The van der Waals surface area contributed by atoms with Crippen LogP contribution in [-0.2, 0) is 14.8 Å². The van der Waals surface area contributed by atoms with E-state index in [-0.39, 0.29) is 17.9 Å². The Bertz CT molecular complexity index is 959. The van der Waals surface area contributed by atoms with Crippen molar-refractivity contribution < 1.29 is 18.0 Å². The predicted octanol–water partition coefficient (Wildman–Crippen LogP) is 3.31. The highest BCUT2D eigenvalue weighted by atomic mass is 35.5. The SMILES string of the molecule is O=C(Nc1ccc(Cl)cc1Cl)c1ccc(N2C(=O)CCS2(=O)=O)cc1. The van der Waals surface area contributed by atoms with E-state index >= 15 is 0 Å². The molecule has 25 heavy (non-hydrogen) atoms. The van der Waals surface area contributed by atoms with Crippen molar-refractivity contribution in [2.24, 2.45) is 0 Å². The molecule has 0 unspecified atom stereocenters. The van der Waals surface area contributed by atoms with Crippen LogP contribution in [0.1, 0.15) is 16.8 Å². The highest BCUT2D eigenvalue weighted by molar-refractivity contribution is 7.94. The van der Waals surface area contributed by atoms with E-state index in [1.54, 1.807) is 12.1 Å². The van der Waals surface area contributed by atoms with E-state index in [9.17, 15) is 18.0 Å². The van der Waals surface area contributed by atoms with Crippen LogP contribution < -0.4 is 9.62 Å². The van der Waals surface area contributed by atoms with Crippen molar-refractivity contribution in [1.29, 1.82) is 0 Å². The molecule has 0 aromatic heterocycles. The summed E-state index contributed by atoms with van der Waals surface area (Å²) in [7, 11) is -3.63. The summed E-state index contributed by atoms with van der Waals surface area (Å²) in [5.74, 6) is -1.11. The number of anilines is 2. The van der Waals surface area contributed by atoms with Gasteiger partial charge in [0.15, 0.2) is 0 Å². The van der Waals surface area contributed by atoms with Gasteiger partial charge in [0, 0.05) is 17.0 Å². The first-order chi connectivity index (χ1) is 11.8. The number of benzene rings is 2. The molecule has 0 saturated carbocycles. The molecule has 1 saturated heterocycles. The van der Waals surface area contributed by atoms with Gasteiger partial charge in [-0.05, 0) is 42.5 Å². The summed E-state index contributed by atoms with van der Waals surface area (Å²) < 4.78 is 24.6. The predicted molar refractivity (Wildman–Crippen MR) is 96.7 cm³/mol. The van der Waals surface area contributed by atoms with Crippen LogP contribution in [0.2, 0.25) is 10.0 Å². The minimum atomic E-state index is -3.63. The van der Waals surface area contributed by atoms with Crippen molar-refractivity contribution in [3.8, 4) is 0 Å². The molecule has 3 rings (SSSR count). The van der Waals surface area contributed by atoms with Gasteiger partial charge < -0.3 is 5.32 Å². The van der Waals surface area contributed by atoms with Gasteiger partial charge in [0.1, 0.15) is 0 Å². The van der Waals surface area contributed by atoms with Crippen LogP contribution in [0.4, 0.5) is 11.4 Å². The van der Waals surface area contributed by atoms with E-state index in [2.05, 4.69) is 5.32 Å². The summed E-state index contributed by atoms with van der Waals surface area (Å²) in [5.41, 5.74) is 0.903. The molecular formula is C16H12Cl2N2O4S. The van der Waals surface area contributed by atoms with Crippen molar-refractivity contribution >= 4 is 56.4 Å². The van der Waals surface area contributed by atoms with Crippen LogP contribution in [0.5, 0.6) is 0 Å². The minimum absolute atomic E-state index is 0.0420. The van der Waals surface area contributed by atoms with E-state index in [0.717, 1.165) is 4.31 Å². The number of nitrogens with one attached hydrogen (secondary N) is 1. The molecular weight excluding hydrogens is 387 g/mol. The quantitative estimate of drug-likeness (QED) is 0.859. The smallest absolute Gasteiger partial charge is 0.255 e. The molecule has 1 fully saturated rings. The molecule has 1 aliphatic heterocycles.